The molecule has 2 nitrogen and oxygen atoms in total. The molecule has 0 aromatic heterocycles. The lowest BCUT2D eigenvalue weighted by Crippen LogP contribution is -2.52. The summed E-state index contributed by atoms with van der Waals surface area (Å²) >= 11 is 0. The van der Waals surface area contributed by atoms with E-state index in [2.05, 4.69) is 36.1 Å². The van der Waals surface area contributed by atoms with Gasteiger partial charge in [-0.3, -0.25) is 9.69 Å². The van der Waals surface area contributed by atoms with E-state index in [0.717, 1.165) is 6.54 Å². The molecule has 2 saturated heterocycles. The van der Waals surface area contributed by atoms with E-state index in [4.69, 9.17) is 0 Å². The molecule has 18 heavy (non-hydrogen) atoms. The summed E-state index contributed by atoms with van der Waals surface area (Å²) < 4.78 is 0. The number of fused-ring (bicyclic) bond motifs is 1. The second-order valence-corrected chi connectivity index (χ2v) is 5.69. The van der Waals surface area contributed by atoms with Crippen molar-refractivity contribution in [2.45, 2.75) is 44.7 Å². The number of nitrogens with zero attached hydrogens (tertiary/aromatic N) is 1. The van der Waals surface area contributed by atoms with E-state index >= 15 is 0 Å². The lowest BCUT2D eigenvalue weighted by atomic mass is 9.79. The van der Waals surface area contributed by atoms with E-state index < -0.39 is 0 Å². The fourth-order valence-corrected chi connectivity index (χ4v) is 3.60. The van der Waals surface area contributed by atoms with Gasteiger partial charge in [-0.15, -0.1) is 0 Å². The molecule has 3 atom stereocenters. The molecule has 1 aromatic rings. The van der Waals surface area contributed by atoms with Crippen LogP contribution in [0.2, 0.25) is 0 Å². The van der Waals surface area contributed by atoms with Crippen LogP contribution in [-0.4, -0.2) is 23.3 Å². The molecule has 0 unspecified atom stereocenters. The zero-order valence-corrected chi connectivity index (χ0v) is 11.0. The number of carbonyl (C=O) groups is 1. The third-order valence-corrected chi connectivity index (χ3v) is 4.66. The quantitative estimate of drug-likeness (QED) is 0.755. The van der Waals surface area contributed by atoms with E-state index in [1.54, 1.807) is 0 Å². The van der Waals surface area contributed by atoms with Crippen molar-refractivity contribution in [1.82, 2.24) is 4.90 Å². The maximum Gasteiger partial charge on any atom is 0.139 e. The summed E-state index contributed by atoms with van der Waals surface area (Å²) in [6.07, 6.45) is 4.44. The summed E-state index contributed by atoms with van der Waals surface area (Å²) in [5.74, 6) is 0.678. The maximum atomic E-state index is 12.2. The van der Waals surface area contributed by atoms with E-state index in [1.807, 2.05) is 6.07 Å². The van der Waals surface area contributed by atoms with Gasteiger partial charge in [-0.2, -0.15) is 0 Å². The smallest absolute Gasteiger partial charge is 0.139 e. The largest absolute Gasteiger partial charge is 0.299 e. The van der Waals surface area contributed by atoms with Crippen molar-refractivity contribution in [3.05, 3.63) is 35.9 Å². The van der Waals surface area contributed by atoms with Crippen molar-refractivity contribution in [2.75, 3.05) is 6.54 Å². The highest BCUT2D eigenvalue weighted by Crippen LogP contribution is 2.39. The Hall–Kier alpha value is -1.15. The first kappa shape index (κ1) is 11.9. The van der Waals surface area contributed by atoms with Gasteiger partial charge in [-0.25, -0.2) is 0 Å². The molecule has 1 aromatic carbocycles. The van der Waals surface area contributed by atoms with Crippen molar-refractivity contribution >= 4 is 5.78 Å². The van der Waals surface area contributed by atoms with Gasteiger partial charge in [0.15, 0.2) is 0 Å². The zero-order valence-electron chi connectivity index (χ0n) is 11.0. The van der Waals surface area contributed by atoms with E-state index in [9.17, 15) is 4.79 Å². The van der Waals surface area contributed by atoms with Crippen LogP contribution in [0.5, 0.6) is 0 Å². The summed E-state index contributed by atoms with van der Waals surface area (Å²) in [4.78, 5) is 14.8. The highest BCUT2D eigenvalue weighted by Gasteiger charge is 2.41. The Balaban J connectivity index is 1.91. The average Bonchev–Trinajstić information content (AvgIpc) is 2.44. The molecule has 2 heterocycles. The molecule has 0 aliphatic carbocycles. The minimum absolute atomic E-state index is 0.227. The summed E-state index contributed by atoms with van der Waals surface area (Å²) in [7, 11) is 0. The predicted octanol–water partition coefficient (Wildman–Crippen LogP) is 3.19. The predicted molar refractivity (Wildman–Crippen MR) is 72.3 cm³/mol. The topological polar surface area (TPSA) is 20.3 Å². The summed E-state index contributed by atoms with van der Waals surface area (Å²) in [6.45, 7) is 3.27. The fourth-order valence-electron chi connectivity index (χ4n) is 3.60. The molecule has 0 N–H and O–H groups in total. The Morgan fingerprint density at radius 3 is 2.72 bits per heavy atom. The van der Waals surface area contributed by atoms with E-state index in [1.165, 1.54) is 24.8 Å². The number of piperidine rings is 2. The summed E-state index contributed by atoms with van der Waals surface area (Å²) in [5.41, 5.74) is 1.31. The highest BCUT2D eigenvalue weighted by molar-refractivity contribution is 5.83. The van der Waals surface area contributed by atoms with Crippen LogP contribution in [0.1, 0.15) is 44.2 Å². The Labute approximate surface area is 109 Å². The lowest BCUT2D eigenvalue weighted by Gasteiger charge is -2.47. The number of benzene rings is 1. The molecule has 0 radical (unpaired) electrons. The standard InChI is InChI=1S/C16H21NO/c1-12-14-9-5-6-10-17(14)15(11-16(12)18)13-7-3-2-4-8-13/h2-4,7-8,12,14-15H,5-6,9-11H2,1H3/t12-,14-,15-/m0/s1. The van der Waals surface area contributed by atoms with E-state index in [-0.39, 0.29) is 5.92 Å². The second kappa shape index (κ2) is 4.85. The third-order valence-electron chi connectivity index (χ3n) is 4.66. The Morgan fingerprint density at radius 2 is 1.94 bits per heavy atom. The molecule has 0 amide bonds. The first-order valence-corrected chi connectivity index (χ1v) is 7.11. The van der Waals surface area contributed by atoms with Gasteiger partial charge >= 0.3 is 0 Å². The average molecular weight is 243 g/mol. The van der Waals surface area contributed by atoms with Crippen LogP contribution in [0, 0.1) is 5.92 Å². The molecule has 3 rings (SSSR count). The van der Waals surface area contributed by atoms with Crippen LogP contribution in [0.25, 0.3) is 0 Å². The van der Waals surface area contributed by atoms with Crippen molar-refractivity contribution < 1.29 is 4.79 Å². The zero-order chi connectivity index (χ0) is 12.5. The van der Waals surface area contributed by atoms with Crippen LogP contribution < -0.4 is 0 Å². The molecular formula is C16H21NO. The van der Waals surface area contributed by atoms with Crippen LogP contribution in [0.4, 0.5) is 0 Å². The lowest BCUT2D eigenvalue weighted by molar-refractivity contribution is -0.132. The number of carbonyl (C=O) groups excluding carboxylic acids is 1. The van der Waals surface area contributed by atoms with Gasteiger partial charge in [0.05, 0.1) is 0 Å². The number of rotatable bonds is 1. The number of ketones is 1. The Bertz CT molecular complexity index is 428. The normalized spacial score (nSPS) is 33.2. The second-order valence-electron chi connectivity index (χ2n) is 5.69. The van der Waals surface area contributed by atoms with Gasteiger partial charge in [0, 0.05) is 24.4 Å². The number of hydrogen-bond donors (Lipinski definition) is 0. The van der Waals surface area contributed by atoms with Gasteiger partial charge in [-0.1, -0.05) is 43.7 Å². The highest BCUT2D eigenvalue weighted by atomic mass is 16.1. The minimum Gasteiger partial charge on any atom is -0.299 e. The molecule has 2 fully saturated rings. The molecular weight excluding hydrogens is 222 g/mol. The third kappa shape index (κ3) is 1.99. The van der Waals surface area contributed by atoms with Gasteiger partial charge in [0.25, 0.3) is 0 Å². The first-order chi connectivity index (χ1) is 8.77. The van der Waals surface area contributed by atoms with Crippen LogP contribution in [0.15, 0.2) is 30.3 Å². The molecule has 2 aliphatic heterocycles. The number of hydrogen-bond acceptors (Lipinski definition) is 2. The number of Topliss-reactive ketones (excluding diaryl/α,β-unsaturated/α-hetero) is 1. The minimum atomic E-state index is 0.227. The Morgan fingerprint density at radius 1 is 1.17 bits per heavy atom. The van der Waals surface area contributed by atoms with Gasteiger partial charge in [0.1, 0.15) is 5.78 Å². The fraction of sp³-hybridized carbons (Fsp3) is 0.562. The van der Waals surface area contributed by atoms with Gasteiger partial charge in [0.2, 0.25) is 0 Å². The van der Waals surface area contributed by atoms with Crippen molar-refractivity contribution in [2.24, 2.45) is 5.92 Å². The first-order valence-electron chi connectivity index (χ1n) is 7.11. The molecule has 0 spiro atoms. The molecule has 2 aliphatic rings. The van der Waals surface area contributed by atoms with Gasteiger partial charge < -0.3 is 0 Å². The van der Waals surface area contributed by atoms with Crippen molar-refractivity contribution in [3.8, 4) is 0 Å². The molecule has 0 bridgehead atoms. The van der Waals surface area contributed by atoms with Crippen molar-refractivity contribution in [1.29, 1.82) is 0 Å². The van der Waals surface area contributed by atoms with Crippen LogP contribution in [-0.2, 0) is 4.79 Å². The van der Waals surface area contributed by atoms with Crippen LogP contribution >= 0.6 is 0 Å². The van der Waals surface area contributed by atoms with E-state index in [0.29, 0.717) is 24.3 Å². The monoisotopic (exact) mass is 243 g/mol. The summed E-state index contributed by atoms with van der Waals surface area (Å²) in [6, 6.07) is 11.3. The van der Waals surface area contributed by atoms with Crippen molar-refractivity contribution in [3.63, 3.8) is 0 Å². The molecule has 96 valence electrons. The summed E-state index contributed by atoms with van der Waals surface area (Å²) in [5, 5.41) is 0. The Kier molecular flexibility index (Phi) is 3.21. The molecule has 2 heteroatoms. The SMILES string of the molecule is C[C@@H]1C(=O)C[C@@H](c2ccccc2)N2CCCC[C@@H]12. The van der Waals surface area contributed by atoms with Gasteiger partial charge in [-0.05, 0) is 24.9 Å². The van der Waals surface area contributed by atoms with Crippen LogP contribution in [0.3, 0.4) is 0 Å². The molecule has 0 saturated carbocycles. The maximum absolute atomic E-state index is 12.2.